The third-order valence-electron chi connectivity index (χ3n) is 3.79. The summed E-state index contributed by atoms with van der Waals surface area (Å²) in [5.41, 5.74) is 0.374. The first kappa shape index (κ1) is 13.8. The van der Waals surface area contributed by atoms with E-state index in [0.29, 0.717) is 6.29 Å². The Hall–Kier alpha value is -1.67. The van der Waals surface area contributed by atoms with Crippen LogP contribution in [0, 0.1) is 23.7 Å². The van der Waals surface area contributed by atoms with Gasteiger partial charge in [0.2, 0.25) is 0 Å². The van der Waals surface area contributed by atoms with Crippen LogP contribution in [-0.2, 0) is 14.6 Å². The van der Waals surface area contributed by atoms with Gasteiger partial charge in [-0.2, -0.15) is 5.26 Å². The molecule has 1 aliphatic carbocycles. The van der Waals surface area contributed by atoms with Crippen molar-refractivity contribution < 1.29 is 13.2 Å². The molecule has 1 fully saturated rings. The number of carbonyl (C=O) groups excluding carboxylic acids is 1. The molecule has 0 amide bonds. The van der Waals surface area contributed by atoms with Crippen molar-refractivity contribution in [3.63, 3.8) is 0 Å². The zero-order valence-electron chi connectivity index (χ0n) is 10.8. The van der Waals surface area contributed by atoms with E-state index in [1.54, 1.807) is 12.1 Å². The van der Waals surface area contributed by atoms with E-state index < -0.39 is 26.4 Å². The van der Waals surface area contributed by atoms with Gasteiger partial charge in [0.05, 0.1) is 11.3 Å². The smallest absolute Gasteiger partial charge is 0.155 e. The highest BCUT2D eigenvalue weighted by molar-refractivity contribution is 7.92. The lowest BCUT2D eigenvalue weighted by Crippen LogP contribution is -2.17. The zero-order chi connectivity index (χ0) is 14.3. The Morgan fingerprint density at radius 2 is 1.95 bits per heavy atom. The summed E-state index contributed by atoms with van der Waals surface area (Å²) in [5.74, 6) is -0.599. The summed E-state index contributed by atoms with van der Waals surface area (Å²) < 4.78 is 24.1. The SMILES string of the molecule is CCS(=O)(=O)C1C(c2ccc(C)cc2)C1(C#N)C=O. The summed E-state index contributed by atoms with van der Waals surface area (Å²) in [6.45, 7) is 3.46. The molecule has 0 aliphatic heterocycles. The second kappa shape index (κ2) is 4.46. The van der Waals surface area contributed by atoms with Crippen LogP contribution in [0.25, 0.3) is 0 Å². The lowest BCUT2D eigenvalue weighted by atomic mass is 10.0. The van der Waals surface area contributed by atoms with Crippen molar-refractivity contribution in [3.8, 4) is 6.07 Å². The minimum absolute atomic E-state index is 0.0582. The standard InChI is InChI=1S/C14H15NO3S/c1-3-19(17,18)13-12(14(13,8-15)9-16)11-6-4-10(2)5-7-11/h4-7,9,12-13H,3H2,1-2H3. The van der Waals surface area contributed by atoms with Crippen LogP contribution in [-0.4, -0.2) is 25.7 Å². The summed E-state index contributed by atoms with van der Waals surface area (Å²) >= 11 is 0. The Balaban J connectivity index is 2.49. The van der Waals surface area contributed by atoms with Crippen molar-refractivity contribution in [2.75, 3.05) is 5.75 Å². The maximum Gasteiger partial charge on any atom is 0.155 e. The number of rotatable bonds is 4. The number of nitriles is 1. The van der Waals surface area contributed by atoms with Crippen molar-refractivity contribution in [2.45, 2.75) is 25.0 Å². The van der Waals surface area contributed by atoms with Crippen molar-refractivity contribution >= 4 is 16.1 Å². The zero-order valence-corrected chi connectivity index (χ0v) is 11.6. The highest BCUT2D eigenvalue weighted by Crippen LogP contribution is 2.61. The number of aryl methyl sites for hydroxylation is 1. The number of aldehydes is 1. The van der Waals surface area contributed by atoms with Crippen molar-refractivity contribution in [3.05, 3.63) is 35.4 Å². The van der Waals surface area contributed by atoms with Crippen LogP contribution in [0.1, 0.15) is 24.0 Å². The second-order valence-corrected chi connectivity index (χ2v) is 7.33. The molecule has 0 heterocycles. The lowest BCUT2D eigenvalue weighted by Gasteiger charge is -2.01. The number of hydrogen-bond donors (Lipinski definition) is 0. The Kier molecular flexibility index (Phi) is 3.23. The third-order valence-corrected chi connectivity index (χ3v) is 6.03. The van der Waals surface area contributed by atoms with Gasteiger partial charge in [-0.05, 0) is 12.5 Å². The number of nitrogens with zero attached hydrogens (tertiary/aromatic N) is 1. The second-order valence-electron chi connectivity index (χ2n) is 4.92. The van der Waals surface area contributed by atoms with E-state index in [2.05, 4.69) is 0 Å². The average Bonchev–Trinajstić information content (AvgIpc) is 3.10. The molecular weight excluding hydrogens is 262 g/mol. The van der Waals surface area contributed by atoms with Crippen LogP contribution < -0.4 is 0 Å². The summed E-state index contributed by atoms with van der Waals surface area (Å²) in [6.07, 6.45) is 0.495. The first-order valence-electron chi connectivity index (χ1n) is 6.08. The normalized spacial score (nSPS) is 29.5. The fourth-order valence-corrected chi connectivity index (χ4v) is 4.51. The van der Waals surface area contributed by atoms with Gasteiger partial charge in [0.1, 0.15) is 11.7 Å². The largest absolute Gasteiger partial charge is 0.302 e. The van der Waals surface area contributed by atoms with Crippen molar-refractivity contribution in [1.29, 1.82) is 5.26 Å². The Labute approximate surface area is 113 Å². The molecule has 0 saturated heterocycles. The molecule has 3 unspecified atom stereocenters. The van der Waals surface area contributed by atoms with Crippen LogP contribution in [0.2, 0.25) is 0 Å². The van der Waals surface area contributed by atoms with Gasteiger partial charge in [0.15, 0.2) is 9.84 Å². The van der Waals surface area contributed by atoms with Crippen molar-refractivity contribution in [1.82, 2.24) is 0 Å². The predicted molar refractivity (Wildman–Crippen MR) is 71.3 cm³/mol. The first-order valence-corrected chi connectivity index (χ1v) is 7.80. The highest BCUT2D eigenvalue weighted by atomic mass is 32.2. The Morgan fingerprint density at radius 1 is 1.37 bits per heavy atom. The molecule has 2 rings (SSSR count). The van der Waals surface area contributed by atoms with Crippen LogP contribution in [0.15, 0.2) is 24.3 Å². The number of sulfone groups is 1. The third kappa shape index (κ3) is 1.96. The van der Waals surface area contributed by atoms with Gasteiger partial charge in [-0.25, -0.2) is 8.42 Å². The maximum absolute atomic E-state index is 12.0. The number of carbonyl (C=O) groups is 1. The van der Waals surface area contributed by atoms with Gasteiger partial charge in [-0.1, -0.05) is 36.8 Å². The lowest BCUT2D eigenvalue weighted by molar-refractivity contribution is -0.110. The van der Waals surface area contributed by atoms with Gasteiger partial charge in [0.25, 0.3) is 0 Å². The molecule has 19 heavy (non-hydrogen) atoms. The van der Waals surface area contributed by atoms with Crippen LogP contribution in [0.5, 0.6) is 0 Å². The maximum atomic E-state index is 12.0. The van der Waals surface area contributed by atoms with Gasteiger partial charge >= 0.3 is 0 Å². The average molecular weight is 277 g/mol. The Morgan fingerprint density at radius 3 is 2.37 bits per heavy atom. The highest BCUT2D eigenvalue weighted by Gasteiger charge is 2.72. The van der Waals surface area contributed by atoms with Gasteiger partial charge in [0, 0.05) is 11.7 Å². The summed E-state index contributed by atoms with van der Waals surface area (Å²) in [6, 6.07) is 9.21. The van der Waals surface area contributed by atoms with E-state index in [9.17, 15) is 18.5 Å². The molecule has 100 valence electrons. The monoisotopic (exact) mass is 277 g/mol. The van der Waals surface area contributed by atoms with Gasteiger partial charge in [-0.15, -0.1) is 0 Å². The van der Waals surface area contributed by atoms with E-state index in [-0.39, 0.29) is 5.75 Å². The van der Waals surface area contributed by atoms with E-state index in [0.717, 1.165) is 11.1 Å². The molecule has 0 spiro atoms. The summed E-state index contributed by atoms with van der Waals surface area (Å²) in [7, 11) is -3.42. The summed E-state index contributed by atoms with van der Waals surface area (Å²) in [5, 5.41) is 8.32. The molecule has 0 bridgehead atoms. The molecule has 3 atom stereocenters. The predicted octanol–water partition coefficient (Wildman–Crippen LogP) is 1.60. The van der Waals surface area contributed by atoms with Crippen LogP contribution >= 0.6 is 0 Å². The number of hydrogen-bond acceptors (Lipinski definition) is 4. The fourth-order valence-electron chi connectivity index (χ4n) is 2.58. The molecule has 1 aliphatic rings. The molecule has 1 saturated carbocycles. The van der Waals surface area contributed by atoms with Crippen LogP contribution in [0.3, 0.4) is 0 Å². The molecule has 4 nitrogen and oxygen atoms in total. The molecule has 5 heteroatoms. The molecule has 0 radical (unpaired) electrons. The molecule has 0 aromatic heterocycles. The quantitative estimate of drug-likeness (QED) is 0.783. The van der Waals surface area contributed by atoms with E-state index in [1.165, 1.54) is 6.92 Å². The van der Waals surface area contributed by atoms with Gasteiger partial charge in [-0.3, -0.25) is 0 Å². The van der Waals surface area contributed by atoms with Crippen molar-refractivity contribution in [2.24, 2.45) is 5.41 Å². The topological polar surface area (TPSA) is 75.0 Å². The van der Waals surface area contributed by atoms with E-state index in [4.69, 9.17) is 0 Å². The minimum atomic E-state index is -3.42. The van der Waals surface area contributed by atoms with Gasteiger partial charge < -0.3 is 4.79 Å². The summed E-state index contributed by atoms with van der Waals surface area (Å²) in [4.78, 5) is 11.3. The molecular formula is C14H15NO3S. The Bertz CT molecular complexity index is 642. The van der Waals surface area contributed by atoms with E-state index >= 15 is 0 Å². The number of benzene rings is 1. The molecule has 0 N–H and O–H groups in total. The van der Waals surface area contributed by atoms with E-state index in [1.807, 2.05) is 25.1 Å². The minimum Gasteiger partial charge on any atom is -0.302 e. The first-order chi connectivity index (χ1) is 8.93. The van der Waals surface area contributed by atoms with Crippen LogP contribution in [0.4, 0.5) is 0 Å². The molecule has 1 aromatic rings. The fraction of sp³-hybridized carbons (Fsp3) is 0.429. The molecule has 1 aromatic carbocycles.